The molecule has 0 aliphatic rings. The number of rotatable bonds is 80. The molecule has 19 heteroatoms. The Morgan fingerprint density at radius 3 is 0.696 bits per heavy atom. The summed E-state index contributed by atoms with van der Waals surface area (Å²) in [7, 11) is -9.93. The highest BCUT2D eigenvalue weighted by atomic mass is 31.2. The van der Waals surface area contributed by atoms with Gasteiger partial charge in [0.25, 0.3) is 0 Å². The maximum absolute atomic E-state index is 13.1. The molecule has 0 aromatic carbocycles. The summed E-state index contributed by atoms with van der Waals surface area (Å²) in [4.78, 5) is 73.1. The standard InChI is InChI=1S/C83H162O17P2/c1-9-74(6)60-52-44-36-30-24-18-12-14-20-26-32-38-47-55-63-80(85)93-69-78(99-82(87)66-58-50-40-34-28-22-16-17-23-29-35-43-51-59-73(4)5)71-97-101(89,90)95-67-77(84)68-96-102(91,92)98-72-79(70-94-81(86)64-56-48-42-41-46-54-62-76(8)11-3)100-83(88)65-57-49-39-33-27-21-15-13-19-25-31-37-45-53-61-75(7)10-2/h73-79,84H,9-72H2,1-8H3,(H,89,90)(H,91,92)/t74?,75?,76?,77-,78-,79-/m1/s1. The monoisotopic (exact) mass is 1490 g/mol. The van der Waals surface area contributed by atoms with Crippen LogP contribution < -0.4 is 0 Å². The molecule has 606 valence electrons. The van der Waals surface area contributed by atoms with Crippen LogP contribution in [0.15, 0.2) is 0 Å². The number of aliphatic hydroxyl groups excluding tert-OH is 1. The van der Waals surface area contributed by atoms with Gasteiger partial charge in [-0.25, -0.2) is 9.13 Å². The van der Waals surface area contributed by atoms with E-state index in [-0.39, 0.29) is 25.7 Å². The Bertz CT molecular complexity index is 1990. The fourth-order valence-corrected chi connectivity index (χ4v) is 14.3. The molecule has 0 spiro atoms. The number of aliphatic hydroxyl groups is 1. The molecule has 5 unspecified atom stereocenters. The minimum Gasteiger partial charge on any atom is -0.462 e. The van der Waals surface area contributed by atoms with Crippen LogP contribution in [-0.2, 0) is 65.4 Å². The second kappa shape index (κ2) is 72.0. The van der Waals surface area contributed by atoms with Gasteiger partial charge in [-0.3, -0.25) is 37.3 Å². The summed E-state index contributed by atoms with van der Waals surface area (Å²) in [6, 6.07) is 0. The lowest BCUT2D eigenvalue weighted by Gasteiger charge is -2.21. The lowest BCUT2D eigenvalue weighted by atomic mass is 9.99. The summed E-state index contributed by atoms with van der Waals surface area (Å²) in [5.74, 6) is 1.10. The molecule has 0 fully saturated rings. The number of ether oxygens (including phenoxy) is 4. The van der Waals surface area contributed by atoms with Gasteiger partial charge in [-0.1, -0.05) is 376 Å². The van der Waals surface area contributed by atoms with Crippen LogP contribution in [0.3, 0.4) is 0 Å². The van der Waals surface area contributed by atoms with Crippen molar-refractivity contribution in [3.05, 3.63) is 0 Å². The third-order valence-electron chi connectivity index (χ3n) is 20.4. The molecule has 3 N–H and O–H groups in total. The van der Waals surface area contributed by atoms with Crippen molar-refractivity contribution in [2.45, 2.75) is 446 Å². The second-order valence-electron chi connectivity index (χ2n) is 31.1. The lowest BCUT2D eigenvalue weighted by molar-refractivity contribution is -0.161. The van der Waals surface area contributed by atoms with E-state index in [1.807, 2.05) is 0 Å². The van der Waals surface area contributed by atoms with E-state index in [9.17, 15) is 43.2 Å². The molecule has 0 rings (SSSR count). The van der Waals surface area contributed by atoms with Crippen LogP contribution in [0.4, 0.5) is 0 Å². The largest absolute Gasteiger partial charge is 0.472 e. The Balaban J connectivity index is 5.25. The van der Waals surface area contributed by atoms with Gasteiger partial charge < -0.3 is 33.8 Å². The molecule has 17 nitrogen and oxygen atoms in total. The first-order valence-electron chi connectivity index (χ1n) is 42.8. The quantitative estimate of drug-likeness (QED) is 0.0222. The van der Waals surface area contributed by atoms with Gasteiger partial charge in [0.05, 0.1) is 26.4 Å². The van der Waals surface area contributed by atoms with E-state index in [0.29, 0.717) is 25.7 Å². The number of unbranched alkanes of at least 4 members (excludes halogenated alkanes) is 43. The summed E-state index contributed by atoms with van der Waals surface area (Å²) in [6.45, 7) is 14.3. The van der Waals surface area contributed by atoms with Gasteiger partial charge in [0.1, 0.15) is 19.3 Å². The molecule has 0 saturated carbocycles. The molecule has 0 aliphatic carbocycles. The summed E-state index contributed by atoms with van der Waals surface area (Å²) < 4.78 is 68.8. The number of phosphoric acid groups is 2. The zero-order valence-electron chi connectivity index (χ0n) is 67.2. The number of phosphoric ester groups is 2. The highest BCUT2D eigenvalue weighted by Crippen LogP contribution is 2.45. The average molecular weight is 1490 g/mol. The summed E-state index contributed by atoms with van der Waals surface area (Å²) in [5, 5.41) is 10.7. The van der Waals surface area contributed by atoms with E-state index >= 15 is 0 Å². The highest BCUT2D eigenvalue weighted by Gasteiger charge is 2.30. The third kappa shape index (κ3) is 72.3. The van der Waals surface area contributed by atoms with Crippen LogP contribution >= 0.6 is 15.6 Å². The van der Waals surface area contributed by atoms with E-state index in [1.54, 1.807) is 0 Å². The van der Waals surface area contributed by atoms with E-state index < -0.39 is 97.5 Å². The van der Waals surface area contributed by atoms with Crippen molar-refractivity contribution in [2.24, 2.45) is 23.7 Å². The molecule has 0 aliphatic heterocycles. The van der Waals surface area contributed by atoms with Crippen LogP contribution in [0.25, 0.3) is 0 Å². The maximum atomic E-state index is 13.1. The number of hydrogen-bond donors (Lipinski definition) is 3. The van der Waals surface area contributed by atoms with E-state index in [2.05, 4.69) is 55.4 Å². The van der Waals surface area contributed by atoms with Gasteiger partial charge in [-0.2, -0.15) is 0 Å². The van der Waals surface area contributed by atoms with Crippen molar-refractivity contribution in [2.75, 3.05) is 39.6 Å². The number of carbonyl (C=O) groups excluding carboxylic acids is 4. The van der Waals surface area contributed by atoms with Crippen molar-refractivity contribution in [3.8, 4) is 0 Å². The predicted molar refractivity (Wildman–Crippen MR) is 418 cm³/mol. The molecule has 0 aromatic heterocycles. The normalized spacial score (nSPS) is 14.8. The Labute approximate surface area is 626 Å². The lowest BCUT2D eigenvalue weighted by Crippen LogP contribution is -2.30. The summed E-state index contributed by atoms with van der Waals surface area (Å²) in [5.41, 5.74) is 0. The van der Waals surface area contributed by atoms with Crippen LogP contribution in [0, 0.1) is 23.7 Å². The highest BCUT2D eigenvalue weighted by molar-refractivity contribution is 7.47. The van der Waals surface area contributed by atoms with E-state index in [1.165, 1.54) is 225 Å². The topological polar surface area (TPSA) is 237 Å². The van der Waals surface area contributed by atoms with Gasteiger partial charge in [-0.05, 0) is 49.4 Å². The maximum Gasteiger partial charge on any atom is 0.472 e. The Hall–Kier alpha value is -1.94. The minimum absolute atomic E-state index is 0.106. The molecule has 0 heterocycles. The van der Waals surface area contributed by atoms with Crippen molar-refractivity contribution in [3.63, 3.8) is 0 Å². The van der Waals surface area contributed by atoms with Crippen LogP contribution in [0.5, 0.6) is 0 Å². The molecule has 102 heavy (non-hydrogen) atoms. The fraction of sp³-hybridized carbons (Fsp3) is 0.952. The molecule has 8 atom stereocenters. The predicted octanol–water partition coefficient (Wildman–Crippen LogP) is 24.8. The first kappa shape index (κ1) is 100. The number of carbonyl (C=O) groups is 4. The molecule has 0 amide bonds. The van der Waals surface area contributed by atoms with Crippen LogP contribution in [-0.4, -0.2) is 96.7 Å². The smallest absolute Gasteiger partial charge is 0.462 e. The van der Waals surface area contributed by atoms with Crippen molar-refractivity contribution < 1.29 is 80.2 Å². The van der Waals surface area contributed by atoms with E-state index in [4.69, 9.17) is 37.0 Å². The van der Waals surface area contributed by atoms with Gasteiger partial charge in [-0.15, -0.1) is 0 Å². The second-order valence-corrected chi connectivity index (χ2v) is 34.0. The summed E-state index contributed by atoms with van der Waals surface area (Å²) in [6.07, 6.45) is 59.5. The zero-order valence-corrected chi connectivity index (χ0v) is 69.0. The first-order valence-corrected chi connectivity index (χ1v) is 45.8. The molecule has 0 saturated heterocycles. The third-order valence-corrected chi connectivity index (χ3v) is 22.3. The first-order chi connectivity index (χ1) is 49.2. The number of hydrogen-bond acceptors (Lipinski definition) is 15. The SMILES string of the molecule is CCC(C)CCCCCCCCCCCCCCCCC(=O)OC[C@H](COP(=O)(O)OC[C@@H](O)COP(=O)(O)OC[C@@H](COC(=O)CCCCCCCCC(C)CC)OC(=O)CCCCCCCCCCCCCCCCC(C)CC)OC(=O)CCCCCCCCCCCCCCCC(C)C. The fourth-order valence-electron chi connectivity index (χ4n) is 12.7. The van der Waals surface area contributed by atoms with Crippen LogP contribution in [0.1, 0.15) is 428 Å². The molecule has 0 bridgehead atoms. The van der Waals surface area contributed by atoms with Crippen molar-refractivity contribution in [1.82, 2.24) is 0 Å². The summed E-state index contributed by atoms with van der Waals surface area (Å²) >= 11 is 0. The zero-order chi connectivity index (χ0) is 75.3. The minimum atomic E-state index is -4.96. The molecular formula is C83H162O17P2. The average Bonchev–Trinajstić information content (AvgIpc) is 0.909. The van der Waals surface area contributed by atoms with Gasteiger partial charge in [0, 0.05) is 25.7 Å². The van der Waals surface area contributed by atoms with Gasteiger partial charge >= 0.3 is 39.5 Å². The van der Waals surface area contributed by atoms with Gasteiger partial charge in [0.2, 0.25) is 0 Å². The van der Waals surface area contributed by atoms with Gasteiger partial charge in [0.15, 0.2) is 12.2 Å². The van der Waals surface area contributed by atoms with Crippen molar-refractivity contribution >= 4 is 39.5 Å². The number of esters is 4. The Morgan fingerprint density at radius 1 is 0.275 bits per heavy atom. The molecule has 0 radical (unpaired) electrons. The van der Waals surface area contributed by atoms with Crippen LogP contribution in [0.2, 0.25) is 0 Å². The van der Waals surface area contributed by atoms with Crippen molar-refractivity contribution in [1.29, 1.82) is 0 Å². The molecular weight excluding hydrogens is 1330 g/mol. The molecule has 0 aromatic rings. The Morgan fingerprint density at radius 2 is 0.471 bits per heavy atom. The Kier molecular flexibility index (Phi) is 70.6. The van der Waals surface area contributed by atoms with E-state index in [0.717, 1.165) is 120 Å².